The van der Waals surface area contributed by atoms with Gasteiger partial charge in [-0.05, 0) is 30.0 Å². The second-order valence-electron chi connectivity index (χ2n) is 4.26. The number of nitriles is 1. The Hall–Kier alpha value is -2.02. The van der Waals surface area contributed by atoms with Gasteiger partial charge in [0.1, 0.15) is 5.75 Å². The van der Waals surface area contributed by atoms with Gasteiger partial charge >= 0.3 is 0 Å². The van der Waals surface area contributed by atoms with Gasteiger partial charge in [0, 0.05) is 19.4 Å². The van der Waals surface area contributed by atoms with Crippen molar-refractivity contribution in [2.45, 2.75) is 32.6 Å². The van der Waals surface area contributed by atoms with E-state index in [-0.39, 0.29) is 18.7 Å². The Kier molecular flexibility index (Phi) is 6.45. The molecule has 0 unspecified atom stereocenters. The maximum Gasteiger partial charge on any atom is 0.221 e. The van der Waals surface area contributed by atoms with Crippen LogP contribution < -0.4 is 10.1 Å². The first-order valence-corrected chi connectivity index (χ1v) is 6.50. The Bertz CT molecular complexity index is 464. The van der Waals surface area contributed by atoms with Crippen LogP contribution in [0.4, 0.5) is 0 Å². The van der Waals surface area contributed by atoms with E-state index in [9.17, 15) is 4.79 Å². The minimum absolute atomic E-state index is 0.0767. The van der Waals surface area contributed by atoms with Crippen molar-refractivity contribution in [3.63, 3.8) is 0 Å². The van der Waals surface area contributed by atoms with Crippen LogP contribution in [0.2, 0.25) is 0 Å². The molecule has 0 spiro atoms. The van der Waals surface area contributed by atoms with Gasteiger partial charge < -0.3 is 10.1 Å². The summed E-state index contributed by atoms with van der Waals surface area (Å²) in [5.41, 5.74) is 2.36. The smallest absolute Gasteiger partial charge is 0.221 e. The van der Waals surface area contributed by atoms with Crippen molar-refractivity contribution >= 4 is 5.91 Å². The zero-order chi connectivity index (χ0) is 14.1. The van der Waals surface area contributed by atoms with E-state index in [1.807, 2.05) is 18.2 Å². The standard InChI is InChI=1S/C15H20N2O2/c1-3-12-6-7-14(19-2)13(11-12)8-10-17-15(18)5-4-9-16/h6-7,11H,3-5,8,10H2,1-2H3,(H,17,18). The molecule has 0 aliphatic carbocycles. The summed E-state index contributed by atoms with van der Waals surface area (Å²) in [6.45, 7) is 2.67. The first-order valence-electron chi connectivity index (χ1n) is 6.50. The molecule has 1 N–H and O–H groups in total. The highest BCUT2D eigenvalue weighted by atomic mass is 16.5. The van der Waals surface area contributed by atoms with Crippen LogP contribution in [0, 0.1) is 11.3 Å². The lowest BCUT2D eigenvalue weighted by molar-refractivity contribution is -0.120. The highest BCUT2D eigenvalue weighted by Crippen LogP contribution is 2.20. The van der Waals surface area contributed by atoms with Crippen LogP contribution in [0.15, 0.2) is 18.2 Å². The number of carbonyl (C=O) groups is 1. The minimum atomic E-state index is -0.0767. The molecule has 102 valence electrons. The predicted octanol–water partition coefficient (Wildman–Crippen LogP) is 2.22. The third kappa shape index (κ3) is 5.01. The van der Waals surface area contributed by atoms with E-state index in [2.05, 4.69) is 18.3 Å². The molecule has 4 nitrogen and oxygen atoms in total. The van der Waals surface area contributed by atoms with Gasteiger partial charge in [-0.25, -0.2) is 0 Å². The molecule has 0 heterocycles. The van der Waals surface area contributed by atoms with Gasteiger partial charge in [-0.3, -0.25) is 4.79 Å². The Morgan fingerprint density at radius 3 is 2.89 bits per heavy atom. The molecule has 19 heavy (non-hydrogen) atoms. The average Bonchev–Trinajstić information content (AvgIpc) is 2.44. The third-order valence-electron chi connectivity index (χ3n) is 2.93. The van der Waals surface area contributed by atoms with Gasteiger partial charge in [-0.15, -0.1) is 0 Å². The van der Waals surface area contributed by atoms with E-state index in [0.29, 0.717) is 6.54 Å². The third-order valence-corrected chi connectivity index (χ3v) is 2.93. The molecule has 0 radical (unpaired) electrons. The Labute approximate surface area is 114 Å². The number of carbonyl (C=O) groups excluding carboxylic acids is 1. The molecule has 0 aliphatic rings. The van der Waals surface area contributed by atoms with Crippen LogP contribution in [0.25, 0.3) is 0 Å². The van der Waals surface area contributed by atoms with Crippen molar-refractivity contribution in [1.29, 1.82) is 5.26 Å². The van der Waals surface area contributed by atoms with Gasteiger partial charge in [-0.1, -0.05) is 19.1 Å². The number of rotatable bonds is 7. The zero-order valence-electron chi connectivity index (χ0n) is 11.5. The molecule has 1 aromatic rings. The molecule has 0 saturated heterocycles. The number of hydrogen-bond donors (Lipinski definition) is 1. The lowest BCUT2D eigenvalue weighted by atomic mass is 10.1. The average molecular weight is 260 g/mol. The van der Waals surface area contributed by atoms with E-state index >= 15 is 0 Å². The normalized spacial score (nSPS) is 9.74. The number of nitrogens with zero attached hydrogens (tertiary/aromatic N) is 1. The van der Waals surface area contributed by atoms with Crippen molar-refractivity contribution in [3.8, 4) is 11.8 Å². The van der Waals surface area contributed by atoms with Crippen LogP contribution in [-0.2, 0) is 17.6 Å². The number of benzene rings is 1. The predicted molar refractivity (Wildman–Crippen MR) is 73.9 cm³/mol. The van der Waals surface area contributed by atoms with Crippen LogP contribution in [0.3, 0.4) is 0 Å². The second kappa shape index (κ2) is 8.15. The molecule has 0 bridgehead atoms. The van der Waals surface area contributed by atoms with Crippen LogP contribution >= 0.6 is 0 Å². The van der Waals surface area contributed by atoms with E-state index < -0.39 is 0 Å². The summed E-state index contributed by atoms with van der Waals surface area (Å²) in [7, 11) is 1.65. The summed E-state index contributed by atoms with van der Waals surface area (Å²) in [6.07, 6.45) is 2.24. The number of ether oxygens (including phenoxy) is 1. The fourth-order valence-electron chi connectivity index (χ4n) is 1.84. The highest BCUT2D eigenvalue weighted by Gasteiger charge is 2.05. The summed E-state index contributed by atoms with van der Waals surface area (Å²) in [6, 6.07) is 8.08. The maximum absolute atomic E-state index is 11.4. The minimum Gasteiger partial charge on any atom is -0.496 e. The summed E-state index contributed by atoms with van der Waals surface area (Å²) >= 11 is 0. The molecule has 1 amide bonds. The summed E-state index contributed by atoms with van der Waals surface area (Å²) < 4.78 is 5.31. The largest absolute Gasteiger partial charge is 0.496 e. The first-order chi connectivity index (χ1) is 9.21. The molecule has 1 aromatic carbocycles. The van der Waals surface area contributed by atoms with Gasteiger partial charge in [0.2, 0.25) is 5.91 Å². The molecule has 1 rings (SSSR count). The lowest BCUT2D eigenvalue weighted by Gasteiger charge is -2.10. The number of amides is 1. The molecule has 0 aromatic heterocycles. The van der Waals surface area contributed by atoms with Crippen LogP contribution in [-0.4, -0.2) is 19.6 Å². The SMILES string of the molecule is CCc1ccc(OC)c(CCNC(=O)CCC#N)c1. The van der Waals surface area contributed by atoms with Crippen LogP contribution in [0.5, 0.6) is 5.75 Å². The highest BCUT2D eigenvalue weighted by molar-refractivity contribution is 5.76. The Balaban J connectivity index is 2.52. The summed E-state index contributed by atoms with van der Waals surface area (Å²) in [4.78, 5) is 11.4. The van der Waals surface area contributed by atoms with Gasteiger partial charge in [0.05, 0.1) is 13.2 Å². The van der Waals surface area contributed by atoms with Crippen LogP contribution in [0.1, 0.15) is 30.9 Å². The fraction of sp³-hybridized carbons (Fsp3) is 0.467. The molecular formula is C15H20N2O2. The summed E-state index contributed by atoms with van der Waals surface area (Å²) in [5.74, 6) is 0.774. The van der Waals surface area contributed by atoms with Crippen molar-refractivity contribution in [2.24, 2.45) is 0 Å². The van der Waals surface area contributed by atoms with E-state index in [0.717, 1.165) is 24.2 Å². The Morgan fingerprint density at radius 2 is 2.26 bits per heavy atom. The van der Waals surface area contributed by atoms with Gasteiger partial charge in [0.25, 0.3) is 0 Å². The number of nitrogens with one attached hydrogen (secondary N) is 1. The summed E-state index contributed by atoms with van der Waals surface area (Å²) in [5, 5.41) is 11.2. The second-order valence-corrected chi connectivity index (χ2v) is 4.26. The molecule has 0 saturated carbocycles. The van der Waals surface area contributed by atoms with Crippen molar-refractivity contribution in [1.82, 2.24) is 5.32 Å². The topological polar surface area (TPSA) is 62.1 Å². The van der Waals surface area contributed by atoms with Gasteiger partial charge in [-0.2, -0.15) is 5.26 Å². The molecule has 0 atom stereocenters. The monoisotopic (exact) mass is 260 g/mol. The number of methoxy groups -OCH3 is 1. The molecule has 0 fully saturated rings. The first kappa shape index (κ1) is 15.0. The number of hydrogen-bond acceptors (Lipinski definition) is 3. The van der Waals surface area contributed by atoms with Gasteiger partial charge in [0.15, 0.2) is 0 Å². The molecular weight excluding hydrogens is 240 g/mol. The number of aryl methyl sites for hydroxylation is 1. The van der Waals surface area contributed by atoms with Crippen molar-refractivity contribution < 1.29 is 9.53 Å². The maximum atomic E-state index is 11.4. The Morgan fingerprint density at radius 1 is 1.47 bits per heavy atom. The van der Waals surface area contributed by atoms with Crippen molar-refractivity contribution in [2.75, 3.05) is 13.7 Å². The van der Waals surface area contributed by atoms with E-state index in [1.165, 1.54) is 5.56 Å². The van der Waals surface area contributed by atoms with Crippen molar-refractivity contribution in [3.05, 3.63) is 29.3 Å². The molecule has 0 aliphatic heterocycles. The zero-order valence-corrected chi connectivity index (χ0v) is 11.5. The molecule has 4 heteroatoms. The quantitative estimate of drug-likeness (QED) is 0.817. The van der Waals surface area contributed by atoms with E-state index in [1.54, 1.807) is 7.11 Å². The fourth-order valence-corrected chi connectivity index (χ4v) is 1.84. The van der Waals surface area contributed by atoms with E-state index in [4.69, 9.17) is 10.00 Å². The lowest BCUT2D eigenvalue weighted by Crippen LogP contribution is -2.25.